The average molecular weight is 251 g/mol. The SMILES string of the molecule is CCCC1(CCCC(F)(F)F)CCCCCN1. The van der Waals surface area contributed by atoms with Crippen molar-refractivity contribution in [3.8, 4) is 0 Å². The van der Waals surface area contributed by atoms with E-state index >= 15 is 0 Å². The summed E-state index contributed by atoms with van der Waals surface area (Å²) in [6.07, 6.45) is 2.89. The van der Waals surface area contributed by atoms with Crippen molar-refractivity contribution in [1.29, 1.82) is 0 Å². The molecular weight excluding hydrogens is 227 g/mol. The predicted octanol–water partition coefficient (Wildman–Crippen LogP) is 4.42. The molecule has 102 valence electrons. The number of halogens is 3. The zero-order valence-corrected chi connectivity index (χ0v) is 10.7. The molecule has 1 N–H and O–H groups in total. The first kappa shape index (κ1) is 14.8. The second-order valence-corrected chi connectivity index (χ2v) is 5.24. The number of hydrogen-bond acceptors (Lipinski definition) is 1. The molecule has 1 saturated heterocycles. The molecule has 0 radical (unpaired) electrons. The topological polar surface area (TPSA) is 12.0 Å². The zero-order chi connectivity index (χ0) is 12.8. The van der Waals surface area contributed by atoms with E-state index in [0.717, 1.165) is 38.6 Å². The molecule has 1 aliphatic rings. The van der Waals surface area contributed by atoms with Gasteiger partial charge in [0.25, 0.3) is 0 Å². The quantitative estimate of drug-likeness (QED) is 0.762. The van der Waals surface area contributed by atoms with E-state index in [1.54, 1.807) is 0 Å². The number of hydrogen-bond donors (Lipinski definition) is 1. The second-order valence-electron chi connectivity index (χ2n) is 5.24. The Morgan fingerprint density at radius 1 is 1.12 bits per heavy atom. The molecule has 1 unspecified atom stereocenters. The van der Waals surface area contributed by atoms with Crippen LogP contribution in [0.2, 0.25) is 0 Å². The Morgan fingerprint density at radius 3 is 2.53 bits per heavy atom. The number of nitrogens with one attached hydrogen (secondary N) is 1. The molecule has 1 rings (SSSR count). The fourth-order valence-corrected chi connectivity index (χ4v) is 2.86. The fraction of sp³-hybridized carbons (Fsp3) is 1.00. The molecule has 1 aliphatic heterocycles. The molecule has 0 aliphatic carbocycles. The first-order valence-electron chi connectivity index (χ1n) is 6.79. The van der Waals surface area contributed by atoms with Crippen LogP contribution in [0.3, 0.4) is 0 Å². The summed E-state index contributed by atoms with van der Waals surface area (Å²) < 4.78 is 36.5. The van der Waals surface area contributed by atoms with Gasteiger partial charge in [0.15, 0.2) is 0 Å². The lowest BCUT2D eigenvalue weighted by atomic mass is 9.84. The van der Waals surface area contributed by atoms with Gasteiger partial charge in [0.05, 0.1) is 0 Å². The molecular formula is C13H24F3N. The Labute approximate surface area is 102 Å². The average Bonchev–Trinajstić information content (AvgIpc) is 2.43. The molecule has 0 amide bonds. The third kappa shape index (κ3) is 5.75. The van der Waals surface area contributed by atoms with Crippen molar-refractivity contribution >= 4 is 0 Å². The summed E-state index contributed by atoms with van der Waals surface area (Å²) in [6.45, 7) is 3.07. The highest BCUT2D eigenvalue weighted by Crippen LogP contribution is 2.31. The van der Waals surface area contributed by atoms with Gasteiger partial charge in [-0.3, -0.25) is 0 Å². The van der Waals surface area contributed by atoms with E-state index < -0.39 is 12.6 Å². The van der Waals surface area contributed by atoms with Crippen molar-refractivity contribution in [2.45, 2.75) is 76.4 Å². The van der Waals surface area contributed by atoms with Crippen molar-refractivity contribution in [3.63, 3.8) is 0 Å². The first-order valence-corrected chi connectivity index (χ1v) is 6.79. The Balaban J connectivity index is 2.45. The molecule has 0 aromatic rings. The molecule has 0 spiro atoms. The van der Waals surface area contributed by atoms with Crippen LogP contribution in [0.15, 0.2) is 0 Å². The summed E-state index contributed by atoms with van der Waals surface area (Å²) in [5, 5.41) is 3.51. The van der Waals surface area contributed by atoms with Gasteiger partial charge in [-0.15, -0.1) is 0 Å². The Kier molecular flexibility index (Phi) is 5.77. The lowest BCUT2D eigenvalue weighted by Gasteiger charge is -2.34. The molecule has 1 nitrogen and oxygen atoms in total. The summed E-state index contributed by atoms with van der Waals surface area (Å²) in [7, 11) is 0. The van der Waals surface area contributed by atoms with Gasteiger partial charge >= 0.3 is 6.18 Å². The van der Waals surface area contributed by atoms with E-state index in [1.807, 2.05) is 0 Å². The van der Waals surface area contributed by atoms with E-state index in [1.165, 1.54) is 6.42 Å². The number of rotatable bonds is 5. The lowest BCUT2D eigenvalue weighted by Crippen LogP contribution is -2.44. The van der Waals surface area contributed by atoms with Gasteiger partial charge < -0.3 is 5.32 Å². The highest BCUT2D eigenvalue weighted by atomic mass is 19.4. The third-order valence-electron chi connectivity index (χ3n) is 3.68. The number of alkyl halides is 3. The minimum absolute atomic E-state index is 0.0174. The van der Waals surface area contributed by atoms with Gasteiger partial charge in [0.1, 0.15) is 0 Å². The van der Waals surface area contributed by atoms with E-state index in [-0.39, 0.29) is 12.0 Å². The van der Waals surface area contributed by atoms with E-state index in [2.05, 4.69) is 12.2 Å². The van der Waals surface area contributed by atoms with Gasteiger partial charge in [-0.1, -0.05) is 26.2 Å². The van der Waals surface area contributed by atoms with Crippen LogP contribution < -0.4 is 5.32 Å². The van der Waals surface area contributed by atoms with Crippen molar-refractivity contribution < 1.29 is 13.2 Å². The summed E-state index contributed by atoms with van der Waals surface area (Å²) >= 11 is 0. The van der Waals surface area contributed by atoms with Crippen LogP contribution in [0.25, 0.3) is 0 Å². The maximum Gasteiger partial charge on any atom is 0.389 e. The Morgan fingerprint density at radius 2 is 1.88 bits per heavy atom. The zero-order valence-electron chi connectivity index (χ0n) is 10.7. The van der Waals surface area contributed by atoms with Gasteiger partial charge in [0.2, 0.25) is 0 Å². The predicted molar refractivity (Wildman–Crippen MR) is 64.0 cm³/mol. The Hall–Kier alpha value is -0.250. The monoisotopic (exact) mass is 251 g/mol. The molecule has 1 atom stereocenters. The van der Waals surface area contributed by atoms with E-state index in [4.69, 9.17) is 0 Å². The van der Waals surface area contributed by atoms with Crippen molar-refractivity contribution in [1.82, 2.24) is 5.32 Å². The molecule has 0 aromatic carbocycles. The van der Waals surface area contributed by atoms with Gasteiger partial charge in [0, 0.05) is 12.0 Å². The van der Waals surface area contributed by atoms with Gasteiger partial charge in [-0.05, 0) is 38.6 Å². The van der Waals surface area contributed by atoms with Crippen molar-refractivity contribution in [2.75, 3.05) is 6.54 Å². The molecule has 0 saturated carbocycles. The lowest BCUT2D eigenvalue weighted by molar-refractivity contribution is -0.136. The molecule has 1 fully saturated rings. The third-order valence-corrected chi connectivity index (χ3v) is 3.68. The minimum Gasteiger partial charge on any atom is -0.311 e. The summed E-state index contributed by atoms with van der Waals surface area (Å²) in [6, 6.07) is 0. The summed E-state index contributed by atoms with van der Waals surface area (Å²) in [5.41, 5.74) is -0.0174. The smallest absolute Gasteiger partial charge is 0.311 e. The molecule has 0 bridgehead atoms. The van der Waals surface area contributed by atoms with Crippen molar-refractivity contribution in [3.05, 3.63) is 0 Å². The van der Waals surface area contributed by atoms with Crippen LogP contribution in [0.4, 0.5) is 13.2 Å². The molecule has 4 heteroatoms. The first-order chi connectivity index (χ1) is 7.97. The molecule has 1 heterocycles. The normalized spacial score (nSPS) is 26.8. The fourth-order valence-electron chi connectivity index (χ4n) is 2.86. The van der Waals surface area contributed by atoms with E-state index in [9.17, 15) is 13.2 Å². The van der Waals surface area contributed by atoms with Crippen LogP contribution in [0, 0.1) is 0 Å². The molecule has 0 aromatic heterocycles. The van der Waals surface area contributed by atoms with Crippen LogP contribution in [-0.2, 0) is 0 Å². The standard InChI is InChI=1S/C13H24F3N/c1-2-7-12(8-4-3-5-11-17-12)9-6-10-13(14,15)16/h17H,2-11H2,1H3. The molecule has 17 heavy (non-hydrogen) atoms. The highest BCUT2D eigenvalue weighted by Gasteiger charge is 2.32. The van der Waals surface area contributed by atoms with Gasteiger partial charge in [-0.2, -0.15) is 13.2 Å². The Bertz CT molecular complexity index is 205. The summed E-state index contributed by atoms with van der Waals surface area (Å²) in [5.74, 6) is 0. The van der Waals surface area contributed by atoms with Crippen LogP contribution >= 0.6 is 0 Å². The maximum absolute atomic E-state index is 12.2. The van der Waals surface area contributed by atoms with Crippen LogP contribution in [-0.4, -0.2) is 18.3 Å². The van der Waals surface area contributed by atoms with Gasteiger partial charge in [-0.25, -0.2) is 0 Å². The highest BCUT2D eigenvalue weighted by molar-refractivity contribution is 4.89. The minimum atomic E-state index is -4.00. The van der Waals surface area contributed by atoms with Crippen molar-refractivity contribution in [2.24, 2.45) is 0 Å². The largest absolute Gasteiger partial charge is 0.389 e. The maximum atomic E-state index is 12.2. The second kappa shape index (κ2) is 6.62. The van der Waals surface area contributed by atoms with Crippen LogP contribution in [0.5, 0.6) is 0 Å². The van der Waals surface area contributed by atoms with E-state index in [0.29, 0.717) is 6.42 Å². The van der Waals surface area contributed by atoms with Crippen LogP contribution in [0.1, 0.15) is 64.7 Å². The summed E-state index contributed by atoms with van der Waals surface area (Å²) in [4.78, 5) is 0.